The fraction of sp³-hybridized carbons (Fsp3) is 0.400. The highest BCUT2D eigenvalue weighted by Crippen LogP contribution is 2.22. The predicted octanol–water partition coefficient (Wildman–Crippen LogP) is 2.87. The molecule has 2 N–H and O–H groups in total. The fourth-order valence-corrected chi connectivity index (χ4v) is 3.51. The van der Waals surface area contributed by atoms with Crippen molar-refractivity contribution in [2.24, 2.45) is 5.92 Å². The van der Waals surface area contributed by atoms with Gasteiger partial charge in [0.25, 0.3) is 0 Å². The Morgan fingerprint density at radius 1 is 1.32 bits per heavy atom. The van der Waals surface area contributed by atoms with E-state index in [-0.39, 0.29) is 11.8 Å². The van der Waals surface area contributed by atoms with Crippen LogP contribution in [0.25, 0.3) is 11.3 Å². The first kappa shape index (κ1) is 18.4. The Bertz CT molecular complexity index is 903. The third-order valence-electron chi connectivity index (χ3n) is 5.02. The molecule has 0 spiro atoms. The number of anilines is 1. The van der Waals surface area contributed by atoms with Gasteiger partial charge in [-0.1, -0.05) is 24.2 Å². The third kappa shape index (κ3) is 4.28. The topological polar surface area (TPSA) is 99.9 Å². The summed E-state index contributed by atoms with van der Waals surface area (Å²) in [6.07, 6.45) is 4.32. The standard InChI is InChI=1S/C20H24N6O2/c1-2-19-23-18(25-28-19)13-26-11-3-4-15(12-26)20(27)22-16-7-5-14(6-8-16)17-9-10-21-24-17/h5-10,15H,2-4,11-13H2,1H3,(H,21,24)(H,22,27). The Morgan fingerprint density at radius 2 is 2.18 bits per heavy atom. The molecular weight excluding hydrogens is 356 g/mol. The van der Waals surface area contributed by atoms with Crippen molar-refractivity contribution in [2.45, 2.75) is 32.7 Å². The first-order valence-corrected chi connectivity index (χ1v) is 9.65. The van der Waals surface area contributed by atoms with Crippen LogP contribution in [-0.4, -0.2) is 44.2 Å². The van der Waals surface area contributed by atoms with Crippen LogP contribution in [0.2, 0.25) is 0 Å². The summed E-state index contributed by atoms with van der Waals surface area (Å²) in [5.74, 6) is 1.35. The van der Waals surface area contributed by atoms with Crippen molar-refractivity contribution in [1.82, 2.24) is 25.2 Å². The monoisotopic (exact) mass is 380 g/mol. The summed E-state index contributed by atoms with van der Waals surface area (Å²) in [6, 6.07) is 9.69. The molecule has 1 atom stereocenters. The second-order valence-corrected chi connectivity index (χ2v) is 7.07. The van der Waals surface area contributed by atoms with Gasteiger partial charge in [0, 0.05) is 24.8 Å². The van der Waals surface area contributed by atoms with Crippen LogP contribution >= 0.6 is 0 Å². The SMILES string of the molecule is CCc1nc(CN2CCCC(C(=O)Nc3ccc(-c4ccn[nH]4)cc3)C2)no1. The van der Waals surface area contributed by atoms with Crippen LogP contribution in [0.3, 0.4) is 0 Å². The summed E-state index contributed by atoms with van der Waals surface area (Å²) in [5, 5.41) is 13.9. The summed E-state index contributed by atoms with van der Waals surface area (Å²) >= 11 is 0. The van der Waals surface area contributed by atoms with E-state index in [1.807, 2.05) is 37.3 Å². The van der Waals surface area contributed by atoms with Gasteiger partial charge in [0.2, 0.25) is 11.8 Å². The van der Waals surface area contributed by atoms with E-state index in [1.165, 1.54) is 0 Å². The quantitative estimate of drug-likeness (QED) is 0.682. The van der Waals surface area contributed by atoms with Crippen LogP contribution < -0.4 is 5.32 Å². The summed E-state index contributed by atoms with van der Waals surface area (Å²) in [7, 11) is 0. The van der Waals surface area contributed by atoms with Gasteiger partial charge in [0.15, 0.2) is 5.82 Å². The number of aryl methyl sites for hydroxylation is 1. The predicted molar refractivity (Wildman–Crippen MR) is 104 cm³/mol. The molecule has 3 heterocycles. The Balaban J connectivity index is 1.33. The zero-order chi connectivity index (χ0) is 19.3. The van der Waals surface area contributed by atoms with Gasteiger partial charge in [-0.05, 0) is 43.1 Å². The van der Waals surface area contributed by atoms with Crippen LogP contribution in [0.15, 0.2) is 41.1 Å². The van der Waals surface area contributed by atoms with E-state index < -0.39 is 0 Å². The van der Waals surface area contributed by atoms with Gasteiger partial charge in [-0.25, -0.2) is 0 Å². The number of hydrogen-bond acceptors (Lipinski definition) is 6. The van der Waals surface area contributed by atoms with Gasteiger partial charge < -0.3 is 9.84 Å². The molecular formula is C20H24N6O2. The third-order valence-corrected chi connectivity index (χ3v) is 5.02. The van der Waals surface area contributed by atoms with Crippen LogP contribution in [-0.2, 0) is 17.8 Å². The molecule has 0 saturated carbocycles. The lowest BCUT2D eigenvalue weighted by atomic mass is 9.97. The lowest BCUT2D eigenvalue weighted by molar-refractivity contribution is -0.121. The van der Waals surface area contributed by atoms with Crippen molar-refractivity contribution in [3.8, 4) is 11.3 Å². The molecule has 0 bridgehead atoms. The molecule has 1 aromatic carbocycles. The van der Waals surface area contributed by atoms with E-state index in [9.17, 15) is 4.79 Å². The molecule has 1 unspecified atom stereocenters. The van der Waals surface area contributed by atoms with Crippen molar-refractivity contribution < 1.29 is 9.32 Å². The smallest absolute Gasteiger partial charge is 0.228 e. The number of hydrogen-bond donors (Lipinski definition) is 2. The zero-order valence-electron chi connectivity index (χ0n) is 15.9. The molecule has 0 radical (unpaired) electrons. The maximum absolute atomic E-state index is 12.7. The molecule has 1 amide bonds. The van der Waals surface area contributed by atoms with E-state index in [1.54, 1.807) is 6.20 Å². The molecule has 4 rings (SSSR count). The van der Waals surface area contributed by atoms with E-state index in [0.29, 0.717) is 24.8 Å². The zero-order valence-corrected chi connectivity index (χ0v) is 15.9. The van der Waals surface area contributed by atoms with Crippen molar-refractivity contribution in [3.63, 3.8) is 0 Å². The molecule has 1 saturated heterocycles. The summed E-state index contributed by atoms with van der Waals surface area (Å²) in [4.78, 5) is 19.3. The Kier molecular flexibility index (Phi) is 5.48. The summed E-state index contributed by atoms with van der Waals surface area (Å²) in [5.41, 5.74) is 2.79. The number of piperidine rings is 1. The van der Waals surface area contributed by atoms with E-state index in [0.717, 1.165) is 42.8 Å². The number of likely N-dealkylation sites (tertiary alicyclic amines) is 1. The molecule has 8 nitrogen and oxygen atoms in total. The van der Waals surface area contributed by atoms with Crippen molar-refractivity contribution in [1.29, 1.82) is 0 Å². The highest BCUT2D eigenvalue weighted by molar-refractivity contribution is 5.93. The number of aromatic amines is 1. The van der Waals surface area contributed by atoms with Crippen molar-refractivity contribution in [3.05, 3.63) is 48.2 Å². The minimum absolute atomic E-state index is 0.0430. The Hall–Kier alpha value is -3.00. The maximum Gasteiger partial charge on any atom is 0.228 e. The average molecular weight is 380 g/mol. The van der Waals surface area contributed by atoms with Gasteiger partial charge >= 0.3 is 0 Å². The first-order chi connectivity index (χ1) is 13.7. The molecule has 8 heteroatoms. The van der Waals surface area contributed by atoms with Gasteiger partial charge in [0.1, 0.15) is 0 Å². The normalized spacial score (nSPS) is 17.5. The van der Waals surface area contributed by atoms with Gasteiger partial charge in [0.05, 0.1) is 18.2 Å². The van der Waals surface area contributed by atoms with Crippen molar-refractivity contribution in [2.75, 3.05) is 18.4 Å². The number of H-pyrrole nitrogens is 1. The minimum atomic E-state index is -0.0430. The number of carbonyl (C=O) groups is 1. The number of carbonyl (C=O) groups excluding carboxylic acids is 1. The number of rotatable bonds is 6. The molecule has 28 heavy (non-hydrogen) atoms. The fourth-order valence-electron chi connectivity index (χ4n) is 3.51. The number of nitrogens with zero attached hydrogens (tertiary/aromatic N) is 4. The maximum atomic E-state index is 12.7. The molecule has 0 aliphatic carbocycles. The van der Waals surface area contributed by atoms with Crippen LogP contribution in [0, 0.1) is 5.92 Å². The highest BCUT2D eigenvalue weighted by Gasteiger charge is 2.26. The minimum Gasteiger partial charge on any atom is -0.339 e. The molecule has 1 aliphatic rings. The first-order valence-electron chi connectivity index (χ1n) is 9.65. The van der Waals surface area contributed by atoms with Crippen LogP contribution in [0.4, 0.5) is 5.69 Å². The molecule has 3 aromatic rings. The number of amides is 1. The average Bonchev–Trinajstić information content (AvgIpc) is 3.41. The van der Waals surface area contributed by atoms with Crippen LogP contribution in [0.1, 0.15) is 31.5 Å². The second-order valence-electron chi connectivity index (χ2n) is 7.07. The number of benzene rings is 1. The lowest BCUT2D eigenvalue weighted by Gasteiger charge is -2.31. The van der Waals surface area contributed by atoms with Gasteiger partial charge in [-0.3, -0.25) is 14.8 Å². The second kappa shape index (κ2) is 8.35. The summed E-state index contributed by atoms with van der Waals surface area (Å²) in [6.45, 7) is 4.25. The van der Waals surface area contributed by atoms with Gasteiger partial charge in [-0.2, -0.15) is 10.1 Å². The number of aromatic nitrogens is 4. The molecule has 146 valence electrons. The van der Waals surface area contributed by atoms with Crippen LogP contribution in [0.5, 0.6) is 0 Å². The number of nitrogens with one attached hydrogen (secondary N) is 2. The molecule has 2 aromatic heterocycles. The Labute approximate surface area is 163 Å². The highest BCUT2D eigenvalue weighted by atomic mass is 16.5. The largest absolute Gasteiger partial charge is 0.339 e. The summed E-state index contributed by atoms with van der Waals surface area (Å²) < 4.78 is 5.17. The Morgan fingerprint density at radius 3 is 2.89 bits per heavy atom. The van der Waals surface area contributed by atoms with E-state index in [4.69, 9.17) is 4.52 Å². The molecule has 1 fully saturated rings. The molecule has 1 aliphatic heterocycles. The van der Waals surface area contributed by atoms with E-state index in [2.05, 4.69) is 30.6 Å². The van der Waals surface area contributed by atoms with Crippen molar-refractivity contribution >= 4 is 11.6 Å². The van der Waals surface area contributed by atoms with E-state index >= 15 is 0 Å². The lowest BCUT2D eigenvalue weighted by Crippen LogP contribution is -2.40. The van der Waals surface area contributed by atoms with Gasteiger partial charge in [-0.15, -0.1) is 0 Å².